The van der Waals surface area contributed by atoms with E-state index in [0.29, 0.717) is 11.7 Å². The zero-order valence-corrected chi connectivity index (χ0v) is 13.2. The Labute approximate surface area is 125 Å². The predicted octanol–water partition coefficient (Wildman–Crippen LogP) is 2.85. The number of benzene rings is 1. The van der Waals surface area contributed by atoms with E-state index in [2.05, 4.69) is 38.1 Å². The summed E-state index contributed by atoms with van der Waals surface area (Å²) < 4.78 is 0. The van der Waals surface area contributed by atoms with Crippen molar-refractivity contribution in [1.82, 2.24) is 4.90 Å². The monoisotopic (exact) mass is 292 g/mol. The summed E-state index contributed by atoms with van der Waals surface area (Å²) in [6.45, 7) is 6.00. The van der Waals surface area contributed by atoms with E-state index in [1.807, 2.05) is 4.90 Å². The summed E-state index contributed by atoms with van der Waals surface area (Å²) in [6, 6.07) is 8.79. The quantitative estimate of drug-likeness (QED) is 0.868. The molecule has 0 saturated carbocycles. The number of amides is 1. The minimum atomic E-state index is 0.231. The van der Waals surface area contributed by atoms with Gasteiger partial charge in [0.25, 0.3) is 0 Å². The van der Waals surface area contributed by atoms with Gasteiger partial charge in [-0.3, -0.25) is 4.79 Å². The maximum absolute atomic E-state index is 12.1. The molecule has 0 bridgehead atoms. The molecule has 0 spiro atoms. The van der Waals surface area contributed by atoms with E-state index in [1.165, 1.54) is 5.56 Å². The highest BCUT2D eigenvalue weighted by molar-refractivity contribution is 8.00. The van der Waals surface area contributed by atoms with E-state index >= 15 is 0 Å². The molecule has 1 aromatic rings. The fourth-order valence-electron chi connectivity index (χ4n) is 2.33. The van der Waals surface area contributed by atoms with Crippen LogP contribution < -0.4 is 5.73 Å². The lowest BCUT2D eigenvalue weighted by molar-refractivity contribution is -0.129. The molecule has 0 radical (unpaired) electrons. The van der Waals surface area contributed by atoms with Crippen molar-refractivity contribution in [2.45, 2.75) is 43.5 Å². The third kappa shape index (κ3) is 4.25. The Balaban J connectivity index is 1.81. The van der Waals surface area contributed by atoms with Crippen molar-refractivity contribution >= 4 is 17.7 Å². The summed E-state index contributed by atoms with van der Waals surface area (Å²) in [5, 5.41) is 0. The Morgan fingerprint density at radius 2 is 1.90 bits per heavy atom. The smallest absolute Gasteiger partial charge is 0.232 e. The zero-order valence-electron chi connectivity index (χ0n) is 12.3. The van der Waals surface area contributed by atoms with Gasteiger partial charge in [0.05, 0.1) is 5.75 Å². The third-order valence-corrected chi connectivity index (χ3v) is 4.80. The number of hydrogen-bond donors (Lipinski definition) is 1. The highest BCUT2D eigenvalue weighted by Gasteiger charge is 2.20. The maximum atomic E-state index is 12.1. The molecule has 1 heterocycles. The van der Waals surface area contributed by atoms with Gasteiger partial charge < -0.3 is 10.6 Å². The molecular weight excluding hydrogens is 268 g/mol. The van der Waals surface area contributed by atoms with Gasteiger partial charge in [-0.25, -0.2) is 0 Å². The van der Waals surface area contributed by atoms with E-state index in [9.17, 15) is 4.79 Å². The highest BCUT2D eigenvalue weighted by atomic mass is 32.2. The Hall–Kier alpha value is -1.00. The molecule has 1 aliphatic rings. The lowest BCUT2D eigenvalue weighted by Crippen LogP contribution is -2.43. The second kappa shape index (κ2) is 7.14. The number of rotatable bonds is 4. The standard InChI is InChI=1S/C16H24N2OS/c1-12(2)13-3-5-15(6-4-13)20-11-16(19)18-9-7-14(17)8-10-18/h3-6,12,14H,7-11,17H2,1-2H3. The van der Waals surface area contributed by atoms with Crippen LogP contribution in [0.4, 0.5) is 0 Å². The number of nitrogens with zero attached hydrogens (tertiary/aromatic N) is 1. The fourth-order valence-corrected chi connectivity index (χ4v) is 3.14. The van der Waals surface area contributed by atoms with Crippen molar-refractivity contribution in [3.63, 3.8) is 0 Å². The minimum absolute atomic E-state index is 0.231. The summed E-state index contributed by atoms with van der Waals surface area (Å²) in [4.78, 5) is 15.2. The number of piperidine rings is 1. The molecule has 110 valence electrons. The van der Waals surface area contributed by atoms with Crippen LogP contribution in [0.3, 0.4) is 0 Å². The molecule has 1 amide bonds. The van der Waals surface area contributed by atoms with Gasteiger partial charge >= 0.3 is 0 Å². The first-order valence-electron chi connectivity index (χ1n) is 7.32. The summed E-state index contributed by atoms with van der Waals surface area (Å²) >= 11 is 1.62. The number of carbonyl (C=O) groups excluding carboxylic acids is 1. The molecule has 1 saturated heterocycles. The van der Waals surface area contributed by atoms with Crippen LogP contribution in [0.1, 0.15) is 38.2 Å². The van der Waals surface area contributed by atoms with Crippen molar-refractivity contribution in [3.8, 4) is 0 Å². The van der Waals surface area contributed by atoms with Crippen LogP contribution in [0.5, 0.6) is 0 Å². The Kier molecular flexibility index (Phi) is 5.49. The predicted molar refractivity (Wildman–Crippen MR) is 85.0 cm³/mol. The van der Waals surface area contributed by atoms with E-state index in [-0.39, 0.29) is 11.9 Å². The van der Waals surface area contributed by atoms with Gasteiger partial charge in [-0.05, 0) is 36.5 Å². The Morgan fingerprint density at radius 1 is 1.30 bits per heavy atom. The van der Waals surface area contributed by atoms with Crippen LogP contribution in [0.2, 0.25) is 0 Å². The van der Waals surface area contributed by atoms with E-state index in [4.69, 9.17) is 5.73 Å². The third-order valence-electron chi connectivity index (χ3n) is 3.80. The number of carbonyl (C=O) groups is 1. The molecule has 0 atom stereocenters. The lowest BCUT2D eigenvalue weighted by Gasteiger charge is -2.30. The zero-order chi connectivity index (χ0) is 14.5. The average Bonchev–Trinajstić information content (AvgIpc) is 2.46. The van der Waals surface area contributed by atoms with E-state index in [1.54, 1.807) is 11.8 Å². The average molecular weight is 292 g/mol. The van der Waals surface area contributed by atoms with Crippen molar-refractivity contribution in [2.75, 3.05) is 18.8 Å². The summed E-state index contributed by atoms with van der Waals surface area (Å²) in [6.07, 6.45) is 1.86. The molecule has 1 aromatic carbocycles. The van der Waals surface area contributed by atoms with Gasteiger partial charge in [-0.15, -0.1) is 11.8 Å². The number of likely N-dealkylation sites (tertiary alicyclic amines) is 1. The van der Waals surface area contributed by atoms with E-state index in [0.717, 1.165) is 30.8 Å². The normalized spacial score (nSPS) is 16.7. The van der Waals surface area contributed by atoms with Crippen LogP contribution in [-0.4, -0.2) is 35.7 Å². The van der Waals surface area contributed by atoms with E-state index < -0.39 is 0 Å². The topological polar surface area (TPSA) is 46.3 Å². The Bertz CT molecular complexity index is 436. The molecule has 2 rings (SSSR count). The minimum Gasteiger partial charge on any atom is -0.342 e. The fraction of sp³-hybridized carbons (Fsp3) is 0.562. The first-order valence-corrected chi connectivity index (χ1v) is 8.31. The second-order valence-corrected chi connectivity index (χ2v) is 6.78. The van der Waals surface area contributed by atoms with Crippen molar-refractivity contribution in [1.29, 1.82) is 0 Å². The molecule has 20 heavy (non-hydrogen) atoms. The summed E-state index contributed by atoms with van der Waals surface area (Å²) in [5.74, 6) is 1.30. The van der Waals surface area contributed by atoms with Crippen LogP contribution in [0, 0.1) is 0 Å². The van der Waals surface area contributed by atoms with Gasteiger partial charge in [0.1, 0.15) is 0 Å². The van der Waals surface area contributed by atoms with Gasteiger partial charge in [0.15, 0.2) is 0 Å². The van der Waals surface area contributed by atoms with Crippen LogP contribution in [0.15, 0.2) is 29.2 Å². The van der Waals surface area contributed by atoms with Crippen LogP contribution in [0.25, 0.3) is 0 Å². The summed E-state index contributed by atoms with van der Waals surface area (Å²) in [5.41, 5.74) is 7.20. The number of nitrogens with two attached hydrogens (primary N) is 1. The highest BCUT2D eigenvalue weighted by Crippen LogP contribution is 2.22. The van der Waals surface area contributed by atoms with Gasteiger partial charge in [0.2, 0.25) is 5.91 Å². The largest absolute Gasteiger partial charge is 0.342 e. The number of hydrogen-bond acceptors (Lipinski definition) is 3. The second-order valence-electron chi connectivity index (χ2n) is 5.73. The lowest BCUT2D eigenvalue weighted by atomic mass is 10.0. The first-order chi connectivity index (χ1) is 9.56. The van der Waals surface area contributed by atoms with Gasteiger partial charge in [-0.2, -0.15) is 0 Å². The Morgan fingerprint density at radius 3 is 2.45 bits per heavy atom. The SMILES string of the molecule is CC(C)c1ccc(SCC(=O)N2CCC(N)CC2)cc1. The molecular formula is C16H24N2OS. The van der Waals surface area contributed by atoms with Crippen molar-refractivity contribution in [2.24, 2.45) is 5.73 Å². The molecule has 4 heteroatoms. The molecule has 0 unspecified atom stereocenters. The van der Waals surface area contributed by atoms with Gasteiger partial charge in [0, 0.05) is 24.0 Å². The molecule has 0 aromatic heterocycles. The molecule has 3 nitrogen and oxygen atoms in total. The molecule has 1 aliphatic heterocycles. The van der Waals surface area contributed by atoms with Crippen molar-refractivity contribution < 1.29 is 4.79 Å². The molecule has 1 fully saturated rings. The number of thioether (sulfide) groups is 1. The van der Waals surface area contributed by atoms with Crippen LogP contribution in [-0.2, 0) is 4.79 Å². The van der Waals surface area contributed by atoms with Gasteiger partial charge in [-0.1, -0.05) is 26.0 Å². The maximum Gasteiger partial charge on any atom is 0.232 e. The first kappa shape index (κ1) is 15.4. The summed E-state index contributed by atoms with van der Waals surface area (Å²) in [7, 11) is 0. The van der Waals surface area contributed by atoms with Crippen LogP contribution >= 0.6 is 11.8 Å². The van der Waals surface area contributed by atoms with Crippen molar-refractivity contribution in [3.05, 3.63) is 29.8 Å². The molecule has 0 aliphatic carbocycles. The molecule has 2 N–H and O–H groups in total.